The van der Waals surface area contributed by atoms with E-state index in [4.69, 9.17) is 0 Å². The molecule has 0 saturated carbocycles. The lowest BCUT2D eigenvalue weighted by Gasteiger charge is -2.01. The van der Waals surface area contributed by atoms with Crippen molar-refractivity contribution < 1.29 is 4.79 Å². The Morgan fingerprint density at radius 2 is 2.07 bits per heavy atom. The van der Waals surface area contributed by atoms with Gasteiger partial charge in [0.05, 0.1) is 0 Å². The van der Waals surface area contributed by atoms with E-state index in [0.717, 1.165) is 12.8 Å². The van der Waals surface area contributed by atoms with Crippen molar-refractivity contribution in [2.45, 2.75) is 19.8 Å². The molecule has 0 aliphatic rings. The molecule has 1 N–H and O–H groups in total. The van der Waals surface area contributed by atoms with Crippen molar-refractivity contribution in [3.63, 3.8) is 0 Å². The fourth-order valence-electron chi connectivity index (χ4n) is 1.30. The lowest BCUT2D eigenvalue weighted by molar-refractivity contribution is -0.115. The van der Waals surface area contributed by atoms with Crippen molar-refractivity contribution in [2.24, 2.45) is 0 Å². The van der Waals surface area contributed by atoms with E-state index in [0.29, 0.717) is 6.54 Å². The van der Waals surface area contributed by atoms with E-state index in [1.807, 2.05) is 18.2 Å². The monoisotopic (exact) mass is 201 g/mol. The third-order valence-electron chi connectivity index (χ3n) is 2.01. The number of carbonyl (C=O) groups is 1. The summed E-state index contributed by atoms with van der Waals surface area (Å²) in [6.45, 7) is 2.34. The molecule has 0 atom stereocenters. The Morgan fingerprint density at radius 1 is 1.33 bits per heavy atom. The smallest absolute Gasteiger partial charge is 0.295 e. The van der Waals surface area contributed by atoms with Gasteiger partial charge < -0.3 is 5.32 Å². The molecule has 1 rings (SSSR count). The molecule has 1 amide bonds. The van der Waals surface area contributed by atoms with Crippen LogP contribution in [0.15, 0.2) is 30.3 Å². The standard InChI is InChI=1S/C13H15NO/c1-2-7-13(15)14-11-6-10-12-8-4-3-5-9-12/h3-5,8-9H,6,10-11H2,1H3,(H,14,15). The average molecular weight is 201 g/mol. The van der Waals surface area contributed by atoms with Gasteiger partial charge in [-0.05, 0) is 31.2 Å². The average Bonchev–Trinajstić information content (AvgIpc) is 2.26. The van der Waals surface area contributed by atoms with Crippen molar-refractivity contribution in [1.29, 1.82) is 0 Å². The maximum atomic E-state index is 11.0. The maximum Gasteiger partial charge on any atom is 0.295 e. The van der Waals surface area contributed by atoms with Crippen LogP contribution in [0.5, 0.6) is 0 Å². The number of amides is 1. The maximum absolute atomic E-state index is 11.0. The zero-order chi connectivity index (χ0) is 10.9. The molecule has 78 valence electrons. The molecule has 1 aromatic carbocycles. The van der Waals surface area contributed by atoms with Crippen LogP contribution in [0.3, 0.4) is 0 Å². The molecule has 0 aliphatic carbocycles. The van der Waals surface area contributed by atoms with E-state index >= 15 is 0 Å². The Kier molecular flexibility index (Phi) is 5.03. The lowest BCUT2D eigenvalue weighted by atomic mass is 10.1. The molecule has 0 fully saturated rings. The first kappa shape index (κ1) is 11.3. The van der Waals surface area contributed by atoms with Crippen LogP contribution in [0.4, 0.5) is 0 Å². The second kappa shape index (κ2) is 6.67. The van der Waals surface area contributed by atoms with Gasteiger partial charge in [-0.3, -0.25) is 4.79 Å². The number of rotatable bonds is 4. The first-order valence-electron chi connectivity index (χ1n) is 5.07. The summed E-state index contributed by atoms with van der Waals surface area (Å²) >= 11 is 0. The molecule has 0 bridgehead atoms. The lowest BCUT2D eigenvalue weighted by Crippen LogP contribution is -2.22. The predicted molar refractivity (Wildman–Crippen MR) is 61.2 cm³/mol. The number of nitrogens with one attached hydrogen (secondary N) is 1. The molecular weight excluding hydrogens is 186 g/mol. The van der Waals surface area contributed by atoms with Crippen LogP contribution in [0.2, 0.25) is 0 Å². The van der Waals surface area contributed by atoms with E-state index in [2.05, 4.69) is 29.3 Å². The van der Waals surface area contributed by atoms with Crippen molar-refractivity contribution in [1.82, 2.24) is 5.32 Å². The van der Waals surface area contributed by atoms with Gasteiger partial charge in [0.15, 0.2) is 0 Å². The van der Waals surface area contributed by atoms with Crippen LogP contribution < -0.4 is 5.32 Å². The van der Waals surface area contributed by atoms with E-state index in [1.165, 1.54) is 5.56 Å². The Hall–Kier alpha value is -1.75. The van der Waals surface area contributed by atoms with Crippen LogP contribution >= 0.6 is 0 Å². The zero-order valence-electron chi connectivity index (χ0n) is 8.92. The first-order chi connectivity index (χ1) is 7.33. The highest BCUT2D eigenvalue weighted by Crippen LogP contribution is 2.01. The van der Waals surface area contributed by atoms with E-state index in [-0.39, 0.29) is 5.91 Å². The second-order valence-corrected chi connectivity index (χ2v) is 3.22. The normalized spacial score (nSPS) is 8.87. The number of benzene rings is 1. The molecule has 0 heterocycles. The van der Waals surface area contributed by atoms with Gasteiger partial charge in [-0.15, -0.1) is 0 Å². The summed E-state index contributed by atoms with van der Waals surface area (Å²) in [6, 6.07) is 10.2. The quantitative estimate of drug-likeness (QED) is 0.583. The third-order valence-corrected chi connectivity index (χ3v) is 2.01. The van der Waals surface area contributed by atoms with Gasteiger partial charge in [0.25, 0.3) is 5.91 Å². The molecule has 0 radical (unpaired) electrons. The van der Waals surface area contributed by atoms with E-state index in [1.54, 1.807) is 6.92 Å². The first-order valence-corrected chi connectivity index (χ1v) is 5.07. The molecule has 15 heavy (non-hydrogen) atoms. The summed E-state index contributed by atoms with van der Waals surface area (Å²) < 4.78 is 0. The minimum absolute atomic E-state index is 0.189. The summed E-state index contributed by atoms with van der Waals surface area (Å²) in [6.07, 6.45) is 1.93. The molecule has 1 aromatic rings. The summed E-state index contributed by atoms with van der Waals surface area (Å²) in [5, 5.41) is 2.74. The van der Waals surface area contributed by atoms with Gasteiger partial charge in [-0.1, -0.05) is 36.3 Å². The summed E-state index contributed by atoms with van der Waals surface area (Å²) in [7, 11) is 0. The Labute approximate surface area is 90.7 Å². The summed E-state index contributed by atoms with van der Waals surface area (Å²) in [5.41, 5.74) is 1.30. The number of hydrogen-bond acceptors (Lipinski definition) is 1. The Morgan fingerprint density at radius 3 is 2.73 bits per heavy atom. The fraction of sp³-hybridized carbons (Fsp3) is 0.308. The van der Waals surface area contributed by atoms with E-state index < -0.39 is 0 Å². The molecule has 2 nitrogen and oxygen atoms in total. The Balaban J connectivity index is 2.17. The predicted octanol–water partition coefficient (Wildman–Crippen LogP) is 1.76. The number of hydrogen-bond donors (Lipinski definition) is 1. The van der Waals surface area contributed by atoms with Gasteiger partial charge >= 0.3 is 0 Å². The van der Waals surface area contributed by atoms with Gasteiger partial charge in [-0.2, -0.15) is 0 Å². The van der Waals surface area contributed by atoms with Crippen molar-refractivity contribution in [3.05, 3.63) is 35.9 Å². The zero-order valence-corrected chi connectivity index (χ0v) is 8.92. The molecule has 0 aromatic heterocycles. The third kappa shape index (κ3) is 4.87. The minimum atomic E-state index is -0.189. The Bertz CT molecular complexity index is 359. The SMILES string of the molecule is CC#CC(=O)NCCCc1ccccc1. The van der Waals surface area contributed by atoms with Crippen molar-refractivity contribution >= 4 is 5.91 Å². The molecular formula is C13H15NO. The fourth-order valence-corrected chi connectivity index (χ4v) is 1.30. The number of carbonyl (C=O) groups excluding carboxylic acids is 1. The highest BCUT2D eigenvalue weighted by Gasteiger charge is 1.94. The molecule has 0 unspecified atom stereocenters. The van der Waals surface area contributed by atoms with Crippen LogP contribution in [0.25, 0.3) is 0 Å². The van der Waals surface area contributed by atoms with Crippen LogP contribution in [-0.2, 0) is 11.2 Å². The minimum Gasteiger partial charge on any atom is -0.345 e. The van der Waals surface area contributed by atoms with Gasteiger partial charge in [0.2, 0.25) is 0 Å². The highest BCUT2D eigenvalue weighted by molar-refractivity contribution is 5.93. The van der Waals surface area contributed by atoms with Gasteiger partial charge in [0.1, 0.15) is 0 Å². The molecule has 2 heteroatoms. The highest BCUT2D eigenvalue weighted by atomic mass is 16.1. The molecule has 0 saturated heterocycles. The van der Waals surface area contributed by atoms with Crippen molar-refractivity contribution in [2.75, 3.05) is 6.54 Å². The second-order valence-electron chi connectivity index (χ2n) is 3.22. The van der Waals surface area contributed by atoms with Crippen LogP contribution in [-0.4, -0.2) is 12.5 Å². The topological polar surface area (TPSA) is 29.1 Å². The molecule has 0 spiro atoms. The largest absolute Gasteiger partial charge is 0.345 e. The van der Waals surface area contributed by atoms with Crippen LogP contribution in [0, 0.1) is 11.8 Å². The van der Waals surface area contributed by atoms with Crippen molar-refractivity contribution in [3.8, 4) is 11.8 Å². The van der Waals surface area contributed by atoms with Crippen LogP contribution in [0.1, 0.15) is 18.9 Å². The molecule has 0 aliphatic heterocycles. The van der Waals surface area contributed by atoms with Gasteiger partial charge in [0, 0.05) is 6.54 Å². The van der Waals surface area contributed by atoms with Gasteiger partial charge in [-0.25, -0.2) is 0 Å². The summed E-state index contributed by atoms with van der Waals surface area (Å²) in [5.74, 6) is 4.82. The number of aryl methyl sites for hydroxylation is 1. The van der Waals surface area contributed by atoms with E-state index in [9.17, 15) is 4.79 Å². The summed E-state index contributed by atoms with van der Waals surface area (Å²) in [4.78, 5) is 11.0.